The van der Waals surface area contributed by atoms with E-state index < -0.39 is 6.04 Å². The Morgan fingerprint density at radius 2 is 1.94 bits per heavy atom. The number of hydrogen-bond acceptors (Lipinski definition) is 5. The summed E-state index contributed by atoms with van der Waals surface area (Å²) in [4.78, 5) is 40.8. The van der Waals surface area contributed by atoms with Crippen LogP contribution in [0, 0.1) is 5.92 Å². The van der Waals surface area contributed by atoms with Crippen LogP contribution in [0.15, 0.2) is 18.2 Å². The van der Waals surface area contributed by atoms with Gasteiger partial charge in [0.2, 0.25) is 11.8 Å². The van der Waals surface area contributed by atoms with E-state index in [0.29, 0.717) is 24.6 Å². The minimum Gasteiger partial charge on any atom is -0.322 e. The maximum Gasteiger partial charge on any atom is 0.255 e. The standard InChI is InChI=1S/C24H32N4O3/c29-22-9-8-21(23(30)26-22)28-15-18-12-16(6-7-19(18)24(28)31)13-27-11-3-4-17(14-27)20-5-1-2-10-25-20/h6-7,12,17,20-21,25H,1-5,8-11,13-15H2,(H,26,29,30). The molecule has 7 heteroatoms. The Bertz CT molecular complexity index is 880. The number of nitrogens with zero attached hydrogens (tertiary/aromatic N) is 2. The van der Waals surface area contributed by atoms with Gasteiger partial charge in [0.05, 0.1) is 0 Å². The molecule has 3 unspecified atom stereocenters. The van der Waals surface area contributed by atoms with E-state index in [9.17, 15) is 14.4 Å². The highest BCUT2D eigenvalue weighted by atomic mass is 16.2. The van der Waals surface area contributed by atoms with Crippen molar-refractivity contribution in [3.05, 3.63) is 34.9 Å². The first-order valence-corrected chi connectivity index (χ1v) is 11.8. The Morgan fingerprint density at radius 1 is 1.03 bits per heavy atom. The number of carbonyl (C=O) groups excluding carboxylic acids is 3. The molecule has 0 aromatic heterocycles. The molecule has 2 N–H and O–H groups in total. The number of carbonyl (C=O) groups is 3. The van der Waals surface area contributed by atoms with E-state index in [1.54, 1.807) is 4.90 Å². The van der Waals surface area contributed by atoms with E-state index in [4.69, 9.17) is 0 Å². The van der Waals surface area contributed by atoms with Gasteiger partial charge in [-0.3, -0.25) is 24.6 Å². The van der Waals surface area contributed by atoms with Crippen LogP contribution in [0.1, 0.15) is 66.4 Å². The topological polar surface area (TPSA) is 81.8 Å². The molecule has 166 valence electrons. The van der Waals surface area contributed by atoms with Crippen LogP contribution in [0.2, 0.25) is 0 Å². The molecule has 0 bridgehead atoms. The Labute approximate surface area is 183 Å². The zero-order valence-electron chi connectivity index (χ0n) is 18.1. The van der Waals surface area contributed by atoms with E-state index in [0.717, 1.165) is 37.7 Å². The minimum atomic E-state index is -0.549. The maximum absolute atomic E-state index is 12.9. The number of rotatable bonds is 4. The van der Waals surface area contributed by atoms with Crippen molar-refractivity contribution >= 4 is 17.7 Å². The largest absolute Gasteiger partial charge is 0.322 e. The van der Waals surface area contributed by atoms with Gasteiger partial charge in [-0.2, -0.15) is 0 Å². The van der Waals surface area contributed by atoms with Crippen LogP contribution >= 0.6 is 0 Å². The Morgan fingerprint density at radius 3 is 2.74 bits per heavy atom. The molecule has 0 aliphatic carbocycles. The van der Waals surface area contributed by atoms with Crippen LogP contribution in [0.5, 0.6) is 0 Å². The van der Waals surface area contributed by atoms with Gasteiger partial charge in [0, 0.05) is 37.7 Å². The molecule has 3 amide bonds. The Balaban J connectivity index is 1.24. The number of nitrogens with one attached hydrogen (secondary N) is 2. The molecule has 3 fully saturated rings. The van der Waals surface area contributed by atoms with E-state index in [1.807, 2.05) is 6.07 Å². The van der Waals surface area contributed by atoms with Crippen molar-refractivity contribution in [2.45, 2.75) is 70.1 Å². The molecule has 1 aromatic rings. The number of benzene rings is 1. The smallest absolute Gasteiger partial charge is 0.255 e. The third-order valence-electron chi connectivity index (χ3n) is 7.45. The van der Waals surface area contributed by atoms with E-state index in [-0.39, 0.29) is 24.1 Å². The minimum absolute atomic E-state index is 0.0996. The van der Waals surface area contributed by atoms with Crippen LogP contribution in [-0.4, -0.2) is 59.2 Å². The van der Waals surface area contributed by atoms with E-state index in [2.05, 4.69) is 27.7 Å². The molecular formula is C24H32N4O3. The van der Waals surface area contributed by atoms with Gasteiger partial charge in [0.25, 0.3) is 5.91 Å². The van der Waals surface area contributed by atoms with Crippen LogP contribution in [0.3, 0.4) is 0 Å². The molecule has 4 heterocycles. The highest BCUT2D eigenvalue weighted by Crippen LogP contribution is 2.30. The van der Waals surface area contributed by atoms with Crippen LogP contribution in [0.25, 0.3) is 0 Å². The molecule has 31 heavy (non-hydrogen) atoms. The lowest BCUT2D eigenvalue weighted by molar-refractivity contribution is -0.136. The number of amides is 3. The lowest BCUT2D eigenvalue weighted by atomic mass is 9.86. The fraction of sp³-hybridized carbons (Fsp3) is 0.625. The Kier molecular flexibility index (Phi) is 5.80. The summed E-state index contributed by atoms with van der Waals surface area (Å²) >= 11 is 0. The molecule has 4 aliphatic rings. The first-order valence-electron chi connectivity index (χ1n) is 11.8. The second-order valence-corrected chi connectivity index (χ2v) is 9.59. The molecule has 0 radical (unpaired) electrons. The molecule has 1 aromatic carbocycles. The SMILES string of the molecule is O=C1CCC(N2Cc3cc(CN4CCCC(C5CCCCN5)C4)ccc3C2=O)C(=O)N1. The molecule has 7 nitrogen and oxygen atoms in total. The number of likely N-dealkylation sites (tertiary alicyclic amines) is 1. The van der Waals surface area contributed by atoms with Crippen molar-refractivity contribution < 1.29 is 14.4 Å². The molecule has 0 saturated carbocycles. The molecule has 0 spiro atoms. The average molecular weight is 425 g/mol. The molecular weight excluding hydrogens is 392 g/mol. The summed E-state index contributed by atoms with van der Waals surface area (Å²) in [5, 5.41) is 6.10. The highest BCUT2D eigenvalue weighted by Gasteiger charge is 2.39. The predicted molar refractivity (Wildman–Crippen MR) is 116 cm³/mol. The normalized spacial score (nSPS) is 29.7. The number of hydrogen-bond donors (Lipinski definition) is 2. The van der Waals surface area contributed by atoms with Crippen molar-refractivity contribution in [3.63, 3.8) is 0 Å². The van der Waals surface area contributed by atoms with Gasteiger partial charge in [0.15, 0.2) is 0 Å². The summed E-state index contributed by atoms with van der Waals surface area (Å²) in [5.74, 6) is 0.0230. The van der Waals surface area contributed by atoms with Crippen LogP contribution < -0.4 is 10.6 Å². The van der Waals surface area contributed by atoms with Gasteiger partial charge in [-0.1, -0.05) is 18.6 Å². The summed E-state index contributed by atoms with van der Waals surface area (Å²) in [5.41, 5.74) is 2.92. The van der Waals surface area contributed by atoms with Gasteiger partial charge < -0.3 is 10.2 Å². The first kappa shape index (κ1) is 20.6. The lowest BCUT2D eigenvalue weighted by Gasteiger charge is -2.39. The molecule has 5 rings (SSSR count). The van der Waals surface area contributed by atoms with Gasteiger partial charge in [-0.15, -0.1) is 0 Å². The van der Waals surface area contributed by atoms with Crippen molar-refractivity contribution in [2.24, 2.45) is 5.92 Å². The van der Waals surface area contributed by atoms with Crippen LogP contribution in [-0.2, 0) is 22.7 Å². The zero-order valence-corrected chi connectivity index (χ0v) is 18.1. The van der Waals surface area contributed by atoms with E-state index >= 15 is 0 Å². The second-order valence-electron chi connectivity index (χ2n) is 9.59. The van der Waals surface area contributed by atoms with E-state index in [1.165, 1.54) is 37.7 Å². The van der Waals surface area contributed by atoms with Gasteiger partial charge >= 0.3 is 0 Å². The number of fused-ring (bicyclic) bond motifs is 1. The Hall–Kier alpha value is -2.25. The maximum atomic E-state index is 12.9. The summed E-state index contributed by atoms with van der Waals surface area (Å²) < 4.78 is 0. The fourth-order valence-electron chi connectivity index (χ4n) is 5.83. The lowest BCUT2D eigenvalue weighted by Crippen LogP contribution is -2.52. The third kappa shape index (κ3) is 4.26. The summed E-state index contributed by atoms with van der Waals surface area (Å²) in [6, 6.07) is 6.24. The second kappa shape index (κ2) is 8.71. The van der Waals surface area contributed by atoms with Crippen molar-refractivity contribution in [2.75, 3.05) is 19.6 Å². The zero-order chi connectivity index (χ0) is 21.4. The summed E-state index contributed by atoms with van der Waals surface area (Å²) in [6.45, 7) is 4.77. The van der Waals surface area contributed by atoms with Crippen molar-refractivity contribution in [1.29, 1.82) is 0 Å². The van der Waals surface area contributed by atoms with Gasteiger partial charge in [-0.05, 0) is 68.3 Å². The third-order valence-corrected chi connectivity index (χ3v) is 7.45. The van der Waals surface area contributed by atoms with Crippen LogP contribution in [0.4, 0.5) is 0 Å². The fourth-order valence-corrected chi connectivity index (χ4v) is 5.83. The molecule has 4 aliphatic heterocycles. The molecule has 3 atom stereocenters. The van der Waals surface area contributed by atoms with Crippen molar-refractivity contribution in [1.82, 2.24) is 20.4 Å². The molecule has 3 saturated heterocycles. The quantitative estimate of drug-likeness (QED) is 0.721. The monoisotopic (exact) mass is 424 g/mol. The predicted octanol–water partition coefficient (Wildman–Crippen LogP) is 1.80. The number of imide groups is 1. The van der Waals surface area contributed by atoms with Crippen molar-refractivity contribution in [3.8, 4) is 0 Å². The highest BCUT2D eigenvalue weighted by molar-refractivity contribution is 6.05. The first-order chi connectivity index (χ1) is 15.1. The number of piperidine rings is 3. The summed E-state index contributed by atoms with van der Waals surface area (Å²) in [7, 11) is 0. The summed E-state index contributed by atoms with van der Waals surface area (Å²) in [6.07, 6.45) is 7.20. The van der Waals surface area contributed by atoms with Gasteiger partial charge in [0.1, 0.15) is 6.04 Å². The average Bonchev–Trinajstić information content (AvgIpc) is 3.10. The van der Waals surface area contributed by atoms with Gasteiger partial charge in [-0.25, -0.2) is 0 Å².